The lowest BCUT2D eigenvalue weighted by Crippen LogP contribution is -2.30. The number of hydrogen-bond acceptors (Lipinski definition) is 4. The van der Waals surface area contributed by atoms with Crippen LogP contribution in [0.25, 0.3) is 0 Å². The Kier molecular flexibility index (Phi) is 8.00. The number of rotatable bonds is 9. The molecule has 3 aromatic carbocycles. The summed E-state index contributed by atoms with van der Waals surface area (Å²) in [6.07, 6.45) is 1.19. The molecular weight excluding hydrogens is 460 g/mol. The van der Waals surface area contributed by atoms with E-state index in [0.29, 0.717) is 28.6 Å². The molecule has 0 bridgehead atoms. The highest BCUT2D eigenvalue weighted by atomic mass is 35.5. The van der Waals surface area contributed by atoms with Crippen molar-refractivity contribution in [3.05, 3.63) is 94.0 Å². The molecule has 0 aliphatic heterocycles. The highest BCUT2D eigenvalue weighted by Crippen LogP contribution is 2.24. The molecule has 0 spiro atoms. The Morgan fingerprint density at radius 2 is 1.64 bits per heavy atom. The Balaban J connectivity index is 1.61. The van der Waals surface area contributed by atoms with Gasteiger partial charge in [0.05, 0.1) is 30.1 Å². The summed E-state index contributed by atoms with van der Waals surface area (Å²) in [5, 5.41) is 3.32. The van der Waals surface area contributed by atoms with Gasteiger partial charge in [-0.3, -0.25) is 9.10 Å². The van der Waals surface area contributed by atoms with Crippen LogP contribution in [0.3, 0.4) is 0 Å². The summed E-state index contributed by atoms with van der Waals surface area (Å²) in [4.78, 5) is 12.4. The first-order valence-corrected chi connectivity index (χ1v) is 12.7. The molecular formula is C25H27ClN2O4S. The third-order valence-electron chi connectivity index (χ3n) is 4.92. The van der Waals surface area contributed by atoms with Crippen molar-refractivity contribution >= 4 is 33.2 Å². The third kappa shape index (κ3) is 6.97. The summed E-state index contributed by atoms with van der Waals surface area (Å²) >= 11 is 6.04. The first-order chi connectivity index (χ1) is 15.6. The fraction of sp³-hybridized carbons (Fsp3) is 0.240. The molecule has 0 heterocycles. The first kappa shape index (κ1) is 24.6. The van der Waals surface area contributed by atoms with Crippen LogP contribution >= 0.6 is 11.6 Å². The molecule has 1 N–H and O–H groups in total. The lowest BCUT2D eigenvalue weighted by molar-refractivity contribution is 0.0947. The van der Waals surface area contributed by atoms with E-state index in [1.807, 2.05) is 44.2 Å². The molecule has 0 aliphatic rings. The largest absolute Gasteiger partial charge is 0.490 e. The maximum Gasteiger partial charge on any atom is 0.251 e. The Morgan fingerprint density at radius 1 is 1.00 bits per heavy atom. The van der Waals surface area contributed by atoms with Crippen molar-refractivity contribution < 1.29 is 17.9 Å². The first-order valence-electron chi connectivity index (χ1n) is 10.4. The number of carbonyl (C=O) groups is 1. The number of hydrogen-bond donors (Lipinski definition) is 1. The molecule has 6 nitrogen and oxygen atoms in total. The van der Waals surface area contributed by atoms with Crippen LogP contribution in [0.2, 0.25) is 5.02 Å². The van der Waals surface area contributed by atoms with Crippen LogP contribution in [0, 0.1) is 13.8 Å². The number of anilines is 1. The SMILES string of the molecule is Cc1cc(C)cc(N(Cc2ccc(C(=O)NCCOc3ccccc3Cl)cc2)S(C)(=O)=O)c1. The molecule has 0 atom stereocenters. The highest BCUT2D eigenvalue weighted by Gasteiger charge is 2.19. The number of para-hydroxylation sites is 1. The number of aryl methyl sites for hydroxylation is 2. The molecule has 174 valence electrons. The average molecular weight is 487 g/mol. The zero-order chi connectivity index (χ0) is 24.0. The number of ether oxygens (including phenoxy) is 1. The number of carbonyl (C=O) groups excluding carboxylic acids is 1. The fourth-order valence-corrected chi connectivity index (χ4v) is 4.47. The summed E-state index contributed by atoms with van der Waals surface area (Å²) in [6, 6.07) is 19.7. The predicted octanol–water partition coefficient (Wildman–Crippen LogP) is 4.73. The van der Waals surface area contributed by atoms with Crippen molar-refractivity contribution in [3.8, 4) is 5.75 Å². The number of halogens is 1. The molecule has 0 saturated heterocycles. The van der Waals surface area contributed by atoms with Crippen LogP contribution in [0.5, 0.6) is 5.75 Å². The minimum atomic E-state index is -3.49. The van der Waals surface area contributed by atoms with Crippen LogP contribution in [0.4, 0.5) is 5.69 Å². The van der Waals surface area contributed by atoms with Gasteiger partial charge in [0, 0.05) is 5.56 Å². The minimum absolute atomic E-state index is 0.176. The Morgan fingerprint density at radius 3 is 2.24 bits per heavy atom. The molecule has 3 aromatic rings. The Bertz CT molecular complexity index is 1210. The number of sulfonamides is 1. The van der Waals surface area contributed by atoms with E-state index in [2.05, 4.69) is 5.32 Å². The molecule has 0 radical (unpaired) electrons. The Labute approximate surface area is 200 Å². The van der Waals surface area contributed by atoms with Crippen LogP contribution in [-0.2, 0) is 16.6 Å². The third-order valence-corrected chi connectivity index (χ3v) is 6.37. The van der Waals surface area contributed by atoms with E-state index in [-0.39, 0.29) is 19.1 Å². The molecule has 3 rings (SSSR count). The summed E-state index contributed by atoms with van der Waals surface area (Å²) < 4.78 is 31.8. The monoisotopic (exact) mass is 486 g/mol. The fourth-order valence-electron chi connectivity index (χ4n) is 3.41. The van der Waals surface area contributed by atoms with Gasteiger partial charge < -0.3 is 10.1 Å². The van der Waals surface area contributed by atoms with Gasteiger partial charge in [-0.2, -0.15) is 0 Å². The van der Waals surface area contributed by atoms with Crippen molar-refractivity contribution in [1.29, 1.82) is 0 Å². The van der Waals surface area contributed by atoms with Gasteiger partial charge >= 0.3 is 0 Å². The smallest absolute Gasteiger partial charge is 0.251 e. The van der Waals surface area contributed by atoms with Crippen molar-refractivity contribution in [3.63, 3.8) is 0 Å². The lowest BCUT2D eigenvalue weighted by Gasteiger charge is -2.23. The number of amides is 1. The van der Waals surface area contributed by atoms with E-state index in [1.165, 1.54) is 10.6 Å². The molecule has 8 heteroatoms. The summed E-state index contributed by atoms with van der Waals surface area (Å²) in [6.45, 7) is 4.65. The second-order valence-corrected chi connectivity index (χ2v) is 10.2. The number of nitrogens with zero attached hydrogens (tertiary/aromatic N) is 1. The van der Waals surface area contributed by atoms with Gasteiger partial charge in [0.25, 0.3) is 5.91 Å². The Hall–Kier alpha value is -3.03. The van der Waals surface area contributed by atoms with Crippen LogP contribution in [-0.4, -0.2) is 33.7 Å². The normalized spacial score (nSPS) is 11.2. The van der Waals surface area contributed by atoms with Crippen molar-refractivity contribution in [1.82, 2.24) is 5.32 Å². The number of nitrogens with one attached hydrogen (secondary N) is 1. The van der Waals surface area contributed by atoms with Gasteiger partial charge in [-0.25, -0.2) is 8.42 Å². The second kappa shape index (κ2) is 10.7. The van der Waals surface area contributed by atoms with E-state index in [1.54, 1.807) is 36.4 Å². The molecule has 0 unspecified atom stereocenters. The zero-order valence-electron chi connectivity index (χ0n) is 18.8. The molecule has 0 fully saturated rings. The topological polar surface area (TPSA) is 75.7 Å². The zero-order valence-corrected chi connectivity index (χ0v) is 20.4. The van der Waals surface area contributed by atoms with E-state index >= 15 is 0 Å². The minimum Gasteiger partial charge on any atom is -0.490 e. The van der Waals surface area contributed by atoms with Gasteiger partial charge in [-0.1, -0.05) is 41.9 Å². The maximum absolute atomic E-state index is 12.4. The van der Waals surface area contributed by atoms with Gasteiger partial charge in [-0.15, -0.1) is 0 Å². The van der Waals surface area contributed by atoms with E-state index in [9.17, 15) is 13.2 Å². The average Bonchev–Trinajstić information content (AvgIpc) is 2.75. The van der Waals surface area contributed by atoms with Gasteiger partial charge in [0.15, 0.2) is 0 Å². The van der Waals surface area contributed by atoms with E-state index < -0.39 is 10.0 Å². The number of benzene rings is 3. The molecule has 33 heavy (non-hydrogen) atoms. The van der Waals surface area contributed by atoms with Gasteiger partial charge in [0.2, 0.25) is 10.0 Å². The summed E-state index contributed by atoms with van der Waals surface area (Å²) in [7, 11) is -3.49. The highest BCUT2D eigenvalue weighted by molar-refractivity contribution is 7.92. The van der Waals surface area contributed by atoms with Gasteiger partial charge in [0.1, 0.15) is 12.4 Å². The van der Waals surface area contributed by atoms with Crippen LogP contribution in [0.1, 0.15) is 27.0 Å². The standard InChI is InChI=1S/C25H27ClN2O4S/c1-18-14-19(2)16-22(15-18)28(33(3,30)31)17-20-8-10-21(11-9-20)25(29)27-12-13-32-24-7-5-4-6-23(24)26/h4-11,14-16H,12-13,17H2,1-3H3,(H,27,29). The molecule has 0 aromatic heterocycles. The molecule has 0 saturated carbocycles. The van der Waals surface area contributed by atoms with E-state index in [4.69, 9.17) is 16.3 Å². The quantitative estimate of drug-likeness (QED) is 0.443. The van der Waals surface area contributed by atoms with Crippen molar-refractivity contribution in [2.75, 3.05) is 23.7 Å². The van der Waals surface area contributed by atoms with Crippen molar-refractivity contribution in [2.45, 2.75) is 20.4 Å². The lowest BCUT2D eigenvalue weighted by atomic mass is 10.1. The summed E-state index contributed by atoms with van der Waals surface area (Å²) in [5.41, 5.74) is 3.86. The van der Waals surface area contributed by atoms with Crippen molar-refractivity contribution in [2.24, 2.45) is 0 Å². The summed E-state index contributed by atoms with van der Waals surface area (Å²) in [5.74, 6) is 0.329. The molecule has 1 amide bonds. The molecule has 0 aliphatic carbocycles. The van der Waals surface area contributed by atoms with Crippen LogP contribution in [0.15, 0.2) is 66.7 Å². The maximum atomic E-state index is 12.4. The van der Waals surface area contributed by atoms with Gasteiger partial charge in [-0.05, 0) is 66.9 Å². The van der Waals surface area contributed by atoms with E-state index in [0.717, 1.165) is 16.7 Å². The second-order valence-electron chi connectivity index (χ2n) is 7.85. The predicted molar refractivity (Wildman–Crippen MR) is 133 cm³/mol. The van der Waals surface area contributed by atoms with Crippen LogP contribution < -0.4 is 14.4 Å².